The monoisotopic (exact) mass is 341 g/mol. The molecule has 0 radical (unpaired) electrons. The van der Waals surface area contributed by atoms with Gasteiger partial charge < -0.3 is 23.8 Å². The lowest BCUT2D eigenvalue weighted by molar-refractivity contribution is -0.190. The van der Waals surface area contributed by atoms with E-state index in [1.54, 1.807) is 6.07 Å². The van der Waals surface area contributed by atoms with E-state index >= 15 is 0 Å². The molecular weight excluding hydrogens is 322 g/mol. The molecule has 0 aromatic carbocycles. The summed E-state index contributed by atoms with van der Waals surface area (Å²) in [4.78, 5) is 34.3. The van der Waals surface area contributed by atoms with Crippen LogP contribution >= 0.6 is 0 Å². The molecule has 132 valence electrons. The summed E-state index contributed by atoms with van der Waals surface area (Å²) in [5.74, 6) is -3.79. The lowest BCUT2D eigenvalue weighted by Gasteiger charge is -2.24. The summed E-state index contributed by atoms with van der Waals surface area (Å²) >= 11 is 0. The van der Waals surface area contributed by atoms with E-state index in [0.29, 0.717) is 12.2 Å². The molecule has 0 spiro atoms. The fourth-order valence-corrected chi connectivity index (χ4v) is 2.65. The summed E-state index contributed by atoms with van der Waals surface area (Å²) in [6.07, 6.45) is -1.64. The number of hydrogen-bond donors (Lipinski definition) is 1. The average Bonchev–Trinajstić information content (AvgIpc) is 3.08. The minimum atomic E-state index is -1.17. The Hall–Kier alpha value is -2.42. The maximum atomic E-state index is 11.8. The molecule has 1 saturated heterocycles. The van der Waals surface area contributed by atoms with Crippen LogP contribution in [-0.2, 0) is 35.0 Å². The zero-order valence-electron chi connectivity index (χ0n) is 13.6. The number of carbonyl (C=O) groups is 3. The minimum absolute atomic E-state index is 0.0683. The van der Waals surface area contributed by atoms with E-state index in [2.05, 4.69) is 5.16 Å². The van der Waals surface area contributed by atoms with Gasteiger partial charge in [0.2, 0.25) is 6.29 Å². The summed E-state index contributed by atoms with van der Waals surface area (Å²) in [5.41, 5.74) is 0.202. The number of aliphatic carboxylic acids is 1. The second-order valence-electron chi connectivity index (χ2n) is 5.44. The largest absolute Gasteiger partial charge is 0.481 e. The Labute approximate surface area is 137 Å². The lowest BCUT2D eigenvalue weighted by Crippen LogP contribution is -2.38. The van der Waals surface area contributed by atoms with Gasteiger partial charge in [-0.1, -0.05) is 12.1 Å². The van der Waals surface area contributed by atoms with Gasteiger partial charge in [0, 0.05) is 32.3 Å². The molecule has 0 saturated carbocycles. The maximum absolute atomic E-state index is 11.8. The van der Waals surface area contributed by atoms with Crippen molar-refractivity contribution < 1.29 is 38.2 Å². The number of nitrogens with zero attached hydrogens (tertiary/aromatic N) is 1. The van der Waals surface area contributed by atoms with Crippen molar-refractivity contribution in [1.29, 1.82) is 0 Å². The van der Waals surface area contributed by atoms with Crippen molar-refractivity contribution in [1.82, 2.24) is 5.16 Å². The van der Waals surface area contributed by atoms with Crippen molar-refractivity contribution in [3.05, 3.63) is 17.5 Å². The predicted molar refractivity (Wildman–Crippen MR) is 76.8 cm³/mol. The molecule has 1 aromatic heterocycles. The Morgan fingerprint density at radius 3 is 2.50 bits per heavy atom. The fraction of sp³-hybridized carbons (Fsp3) is 0.600. The molecule has 1 unspecified atom stereocenters. The van der Waals surface area contributed by atoms with E-state index in [4.69, 9.17) is 18.7 Å². The van der Waals surface area contributed by atoms with Gasteiger partial charge in [-0.15, -0.1) is 0 Å². The molecule has 9 heteroatoms. The number of hydrogen-bond acceptors (Lipinski definition) is 8. The van der Waals surface area contributed by atoms with Crippen molar-refractivity contribution in [2.75, 3.05) is 6.61 Å². The summed E-state index contributed by atoms with van der Waals surface area (Å²) in [7, 11) is 0. The quantitative estimate of drug-likeness (QED) is 0.750. The molecule has 1 aliphatic heterocycles. The summed E-state index contributed by atoms with van der Waals surface area (Å²) in [6, 6.07) is 1.54. The molecule has 0 bridgehead atoms. The summed E-state index contributed by atoms with van der Waals surface area (Å²) in [6.45, 7) is 4.14. The smallest absolute Gasteiger partial charge is 0.313 e. The number of rotatable bonds is 6. The second-order valence-corrected chi connectivity index (χ2v) is 5.44. The zero-order valence-corrected chi connectivity index (χ0v) is 13.6. The number of aromatic nitrogens is 1. The summed E-state index contributed by atoms with van der Waals surface area (Å²) < 4.78 is 20.5. The zero-order chi connectivity index (χ0) is 17.9. The van der Waals surface area contributed by atoms with E-state index in [9.17, 15) is 19.5 Å². The molecule has 24 heavy (non-hydrogen) atoms. The van der Waals surface area contributed by atoms with Gasteiger partial charge in [-0.2, -0.15) is 0 Å². The molecule has 0 aliphatic carbocycles. The van der Waals surface area contributed by atoms with Gasteiger partial charge in [0.05, 0.1) is 12.3 Å². The third-order valence-corrected chi connectivity index (χ3v) is 3.67. The van der Waals surface area contributed by atoms with Crippen LogP contribution in [0.25, 0.3) is 0 Å². The van der Waals surface area contributed by atoms with Gasteiger partial charge >= 0.3 is 17.9 Å². The number of aryl methyl sites for hydroxylation is 1. The molecule has 0 amide bonds. The molecule has 2 rings (SSSR count). The Kier molecular flexibility index (Phi) is 5.55. The first kappa shape index (κ1) is 17.9. The predicted octanol–water partition coefficient (Wildman–Crippen LogP) is 0.872. The number of carboxylic acids is 1. The Morgan fingerprint density at radius 2 is 2.00 bits per heavy atom. The van der Waals surface area contributed by atoms with E-state index in [-0.39, 0.29) is 12.3 Å². The highest BCUT2D eigenvalue weighted by Crippen LogP contribution is 2.36. The SMILES string of the molecule is CCc1cc([C@H](C(=O)O)[C@@H]2COC(OC(C)=O)[C@@H]2OC(C)=O)no1. The van der Waals surface area contributed by atoms with Gasteiger partial charge in [-0.25, -0.2) is 0 Å². The van der Waals surface area contributed by atoms with Gasteiger partial charge in [0.1, 0.15) is 11.7 Å². The second kappa shape index (κ2) is 7.43. The van der Waals surface area contributed by atoms with Crippen LogP contribution in [0.1, 0.15) is 38.1 Å². The Bertz CT molecular complexity index is 625. The van der Waals surface area contributed by atoms with Crippen molar-refractivity contribution in [3.63, 3.8) is 0 Å². The number of esters is 2. The van der Waals surface area contributed by atoms with Gasteiger partial charge in [-0.05, 0) is 0 Å². The molecule has 1 aromatic rings. The van der Waals surface area contributed by atoms with Crippen LogP contribution in [0.4, 0.5) is 0 Å². The van der Waals surface area contributed by atoms with Crippen LogP contribution in [0.3, 0.4) is 0 Å². The molecule has 1 fully saturated rings. The number of ether oxygens (including phenoxy) is 3. The number of carboxylic acid groups (broad SMARTS) is 1. The molecule has 9 nitrogen and oxygen atoms in total. The van der Waals surface area contributed by atoms with E-state index in [1.807, 2.05) is 6.92 Å². The van der Waals surface area contributed by atoms with Crippen LogP contribution in [0.2, 0.25) is 0 Å². The Morgan fingerprint density at radius 1 is 1.33 bits per heavy atom. The maximum Gasteiger partial charge on any atom is 0.313 e. The van der Waals surface area contributed by atoms with Crippen LogP contribution in [0.15, 0.2) is 10.6 Å². The van der Waals surface area contributed by atoms with Crippen molar-refractivity contribution in [3.8, 4) is 0 Å². The Balaban J connectivity index is 2.31. The normalized spacial score (nSPS) is 24.4. The summed E-state index contributed by atoms with van der Waals surface area (Å²) in [5, 5.41) is 13.4. The standard InChI is InChI=1S/C15H19NO8/c1-4-9-5-11(16-24-9)12(14(19)20)10-6-21-15(23-8(3)18)13(10)22-7(2)17/h5,10,12-13,15H,4,6H2,1-3H3,(H,19,20)/t10-,12+,13+,15?/m0/s1. The van der Waals surface area contributed by atoms with E-state index in [0.717, 1.165) is 0 Å². The molecule has 1 N–H and O–H groups in total. The first-order valence-electron chi connectivity index (χ1n) is 7.47. The highest BCUT2D eigenvalue weighted by atomic mass is 16.7. The first-order valence-corrected chi connectivity index (χ1v) is 7.47. The van der Waals surface area contributed by atoms with Crippen molar-refractivity contribution in [2.24, 2.45) is 5.92 Å². The minimum Gasteiger partial charge on any atom is -0.481 e. The van der Waals surface area contributed by atoms with E-state index < -0.39 is 42.1 Å². The van der Waals surface area contributed by atoms with Gasteiger partial charge in [-0.3, -0.25) is 14.4 Å². The van der Waals surface area contributed by atoms with Crippen molar-refractivity contribution >= 4 is 17.9 Å². The number of carbonyl (C=O) groups excluding carboxylic acids is 2. The average molecular weight is 341 g/mol. The first-order chi connectivity index (χ1) is 11.3. The van der Waals surface area contributed by atoms with Crippen LogP contribution < -0.4 is 0 Å². The molecule has 4 atom stereocenters. The topological polar surface area (TPSA) is 125 Å². The van der Waals surface area contributed by atoms with Crippen molar-refractivity contribution in [2.45, 2.75) is 45.5 Å². The lowest BCUT2D eigenvalue weighted by atomic mass is 9.86. The van der Waals surface area contributed by atoms with Gasteiger partial charge in [0.15, 0.2) is 6.10 Å². The molecular formula is C15H19NO8. The fourth-order valence-electron chi connectivity index (χ4n) is 2.65. The van der Waals surface area contributed by atoms with Crippen LogP contribution in [0.5, 0.6) is 0 Å². The molecule has 1 aliphatic rings. The van der Waals surface area contributed by atoms with Crippen LogP contribution in [-0.4, -0.2) is 47.2 Å². The van der Waals surface area contributed by atoms with E-state index in [1.165, 1.54) is 13.8 Å². The van der Waals surface area contributed by atoms with Crippen LogP contribution in [0, 0.1) is 5.92 Å². The molecule has 2 heterocycles. The van der Waals surface area contributed by atoms with Gasteiger partial charge in [0.25, 0.3) is 0 Å². The third-order valence-electron chi connectivity index (χ3n) is 3.67. The third kappa shape index (κ3) is 3.91. The highest BCUT2D eigenvalue weighted by molar-refractivity contribution is 5.76. The highest BCUT2D eigenvalue weighted by Gasteiger charge is 2.49.